The van der Waals surface area contributed by atoms with Gasteiger partial charge in [-0.05, 0) is 53.3 Å². The normalized spacial score (nSPS) is 13.9. The highest BCUT2D eigenvalue weighted by molar-refractivity contribution is 7.10. The van der Waals surface area contributed by atoms with Gasteiger partial charge < -0.3 is 10.7 Å². The van der Waals surface area contributed by atoms with Gasteiger partial charge in [0.2, 0.25) is 0 Å². The predicted molar refractivity (Wildman–Crippen MR) is 122 cm³/mol. The number of nitrogens with one attached hydrogen (secondary N) is 1. The molecule has 150 valence electrons. The van der Waals surface area contributed by atoms with Crippen LogP contribution in [-0.4, -0.2) is 21.4 Å². The lowest BCUT2D eigenvalue weighted by Crippen LogP contribution is -2.34. The van der Waals surface area contributed by atoms with Crippen molar-refractivity contribution in [1.82, 2.24) is 14.9 Å². The molecule has 0 unspecified atom stereocenters. The molecule has 0 saturated carbocycles. The van der Waals surface area contributed by atoms with Crippen molar-refractivity contribution in [1.29, 1.82) is 0 Å². The number of benzene rings is 2. The Morgan fingerprint density at radius 3 is 2.63 bits per heavy atom. The fraction of sp³-hybridized carbons (Fsp3) is 0.167. The SMILES string of the molecule is Nc1ccc(-c2nc3c(c(=O)[nH]2)CCN(Cc2cc(-c4ccccc4)cs2)C3)cc1. The molecule has 0 fully saturated rings. The first-order valence-electron chi connectivity index (χ1n) is 9.99. The average molecular weight is 415 g/mol. The minimum atomic E-state index is -0.0334. The number of nitrogens with two attached hydrogens (primary N) is 1. The Morgan fingerprint density at radius 2 is 1.83 bits per heavy atom. The molecule has 2 aromatic heterocycles. The molecule has 0 spiro atoms. The van der Waals surface area contributed by atoms with Crippen molar-refractivity contribution in [2.24, 2.45) is 0 Å². The van der Waals surface area contributed by atoms with Gasteiger partial charge in [0.25, 0.3) is 5.56 Å². The Kier molecular flexibility index (Phi) is 4.94. The second kappa shape index (κ2) is 7.89. The third-order valence-corrected chi connectivity index (χ3v) is 6.40. The minimum Gasteiger partial charge on any atom is -0.399 e. The molecule has 3 N–H and O–H groups in total. The predicted octanol–water partition coefficient (Wildman–Crippen LogP) is 4.31. The quantitative estimate of drug-likeness (QED) is 0.488. The van der Waals surface area contributed by atoms with Crippen molar-refractivity contribution >= 4 is 17.0 Å². The van der Waals surface area contributed by atoms with E-state index in [1.807, 2.05) is 30.3 Å². The molecular formula is C24H22N4OS. The van der Waals surface area contributed by atoms with Gasteiger partial charge in [-0.1, -0.05) is 30.3 Å². The van der Waals surface area contributed by atoms with E-state index in [9.17, 15) is 4.79 Å². The highest BCUT2D eigenvalue weighted by Gasteiger charge is 2.22. The van der Waals surface area contributed by atoms with Crippen LogP contribution in [0.3, 0.4) is 0 Å². The number of rotatable bonds is 4. The van der Waals surface area contributed by atoms with Gasteiger partial charge in [0.1, 0.15) is 5.82 Å². The molecule has 1 aliphatic rings. The van der Waals surface area contributed by atoms with Crippen LogP contribution in [-0.2, 0) is 19.5 Å². The van der Waals surface area contributed by atoms with Gasteiger partial charge in [-0.25, -0.2) is 4.98 Å². The Balaban J connectivity index is 1.36. The van der Waals surface area contributed by atoms with Gasteiger partial charge in [0, 0.05) is 41.3 Å². The van der Waals surface area contributed by atoms with E-state index in [1.54, 1.807) is 11.3 Å². The van der Waals surface area contributed by atoms with E-state index in [-0.39, 0.29) is 5.56 Å². The first-order chi connectivity index (χ1) is 14.7. The summed E-state index contributed by atoms with van der Waals surface area (Å²) < 4.78 is 0. The number of hydrogen-bond donors (Lipinski definition) is 2. The van der Waals surface area contributed by atoms with Crippen LogP contribution in [0, 0.1) is 0 Å². The monoisotopic (exact) mass is 414 g/mol. The first kappa shape index (κ1) is 18.8. The maximum atomic E-state index is 12.6. The van der Waals surface area contributed by atoms with Gasteiger partial charge in [0.05, 0.1) is 5.69 Å². The minimum absolute atomic E-state index is 0.0334. The van der Waals surface area contributed by atoms with E-state index < -0.39 is 0 Å². The molecule has 0 amide bonds. The number of H-pyrrole nitrogens is 1. The molecule has 0 saturated heterocycles. The molecule has 4 aromatic rings. The van der Waals surface area contributed by atoms with Gasteiger partial charge in [-0.2, -0.15) is 0 Å². The van der Waals surface area contributed by atoms with Crippen LogP contribution in [0.25, 0.3) is 22.5 Å². The molecule has 0 atom stereocenters. The van der Waals surface area contributed by atoms with Gasteiger partial charge in [0.15, 0.2) is 0 Å². The van der Waals surface area contributed by atoms with Crippen LogP contribution < -0.4 is 11.3 Å². The number of fused-ring (bicyclic) bond motifs is 1. The summed E-state index contributed by atoms with van der Waals surface area (Å²) in [6.07, 6.45) is 0.719. The van der Waals surface area contributed by atoms with Crippen molar-refractivity contribution in [2.45, 2.75) is 19.5 Å². The molecule has 2 aromatic carbocycles. The maximum absolute atomic E-state index is 12.6. The van der Waals surface area contributed by atoms with E-state index in [0.717, 1.165) is 36.3 Å². The molecule has 5 rings (SSSR count). The summed E-state index contributed by atoms with van der Waals surface area (Å²) in [5.41, 5.74) is 11.5. The van der Waals surface area contributed by atoms with Crippen molar-refractivity contribution < 1.29 is 0 Å². The van der Waals surface area contributed by atoms with Crippen LogP contribution in [0.1, 0.15) is 16.1 Å². The van der Waals surface area contributed by atoms with Crippen molar-refractivity contribution in [3.05, 3.63) is 92.5 Å². The standard InChI is InChI=1S/C24H22N4OS/c25-19-8-6-17(7-9-19)23-26-22-14-28(11-10-21(22)24(29)27-23)13-20-12-18(15-30-20)16-4-2-1-3-5-16/h1-9,12,15H,10-11,13-14,25H2,(H,26,27,29). The summed E-state index contributed by atoms with van der Waals surface area (Å²) in [6, 6.07) is 20.1. The van der Waals surface area contributed by atoms with E-state index >= 15 is 0 Å². The van der Waals surface area contributed by atoms with Crippen LogP contribution >= 0.6 is 11.3 Å². The molecule has 0 bridgehead atoms. The Morgan fingerprint density at radius 1 is 1.03 bits per heavy atom. The van der Waals surface area contributed by atoms with Crippen molar-refractivity contribution in [3.63, 3.8) is 0 Å². The number of hydrogen-bond acceptors (Lipinski definition) is 5. The molecule has 5 nitrogen and oxygen atoms in total. The molecule has 1 aliphatic heterocycles. The lowest BCUT2D eigenvalue weighted by Gasteiger charge is -2.27. The van der Waals surface area contributed by atoms with Gasteiger partial charge in [-0.15, -0.1) is 11.3 Å². The molecule has 0 radical (unpaired) electrons. The Hall–Kier alpha value is -3.22. The molecular weight excluding hydrogens is 392 g/mol. The van der Waals surface area contributed by atoms with Crippen molar-refractivity contribution in [3.8, 4) is 22.5 Å². The molecule has 0 aliphatic carbocycles. The second-order valence-corrected chi connectivity index (χ2v) is 8.59. The van der Waals surface area contributed by atoms with E-state index in [4.69, 9.17) is 10.7 Å². The largest absolute Gasteiger partial charge is 0.399 e. The molecule has 30 heavy (non-hydrogen) atoms. The van der Waals surface area contributed by atoms with Gasteiger partial charge >= 0.3 is 0 Å². The third kappa shape index (κ3) is 3.79. The summed E-state index contributed by atoms with van der Waals surface area (Å²) in [6.45, 7) is 2.40. The third-order valence-electron chi connectivity index (χ3n) is 5.48. The summed E-state index contributed by atoms with van der Waals surface area (Å²) in [5, 5.41) is 2.21. The van der Waals surface area contributed by atoms with E-state index in [1.165, 1.54) is 16.0 Å². The van der Waals surface area contributed by atoms with Crippen LogP contribution in [0.5, 0.6) is 0 Å². The fourth-order valence-corrected chi connectivity index (χ4v) is 4.81. The molecule has 3 heterocycles. The summed E-state index contributed by atoms with van der Waals surface area (Å²) in [7, 11) is 0. The first-order valence-corrected chi connectivity index (χ1v) is 10.9. The second-order valence-electron chi connectivity index (χ2n) is 7.59. The number of aromatic nitrogens is 2. The van der Waals surface area contributed by atoms with Crippen LogP contribution in [0.2, 0.25) is 0 Å². The Bertz CT molecular complexity index is 1230. The lowest BCUT2D eigenvalue weighted by molar-refractivity contribution is 0.243. The zero-order valence-corrected chi connectivity index (χ0v) is 17.3. The molecule has 6 heteroatoms. The highest BCUT2D eigenvalue weighted by atomic mass is 32.1. The number of thiophene rings is 1. The topological polar surface area (TPSA) is 75.0 Å². The van der Waals surface area contributed by atoms with E-state index in [0.29, 0.717) is 18.1 Å². The number of nitrogens with zero attached hydrogens (tertiary/aromatic N) is 2. The van der Waals surface area contributed by atoms with E-state index in [2.05, 4.69) is 45.6 Å². The summed E-state index contributed by atoms with van der Waals surface area (Å²) in [5.74, 6) is 0.600. The average Bonchev–Trinajstić information content (AvgIpc) is 3.23. The van der Waals surface area contributed by atoms with Gasteiger partial charge in [-0.3, -0.25) is 9.69 Å². The highest BCUT2D eigenvalue weighted by Crippen LogP contribution is 2.27. The summed E-state index contributed by atoms with van der Waals surface area (Å²) in [4.78, 5) is 24.0. The smallest absolute Gasteiger partial charge is 0.254 e. The number of nitrogen functional groups attached to an aromatic ring is 1. The Labute approximate surface area is 178 Å². The fourth-order valence-electron chi connectivity index (χ4n) is 3.87. The lowest BCUT2D eigenvalue weighted by atomic mass is 10.1. The zero-order chi connectivity index (χ0) is 20.5. The number of anilines is 1. The maximum Gasteiger partial charge on any atom is 0.254 e. The summed E-state index contributed by atoms with van der Waals surface area (Å²) >= 11 is 1.78. The number of aromatic amines is 1. The van der Waals surface area contributed by atoms with Crippen LogP contribution in [0.15, 0.2) is 70.8 Å². The zero-order valence-electron chi connectivity index (χ0n) is 16.5. The van der Waals surface area contributed by atoms with Crippen molar-refractivity contribution in [2.75, 3.05) is 12.3 Å². The van der Waals surface area contributed by atoms with Crippen LogP contribution in [0.4, 0.5) is 5.69 Å².